The Labute approximate surface area is 174 Å². The maximum absolute atomic E-state index is 13.1. The van der Waals surface area contributed by atoms with Gasteiger partial charge >= 0.3 is 0 Å². The van der Waals surface area contributed by atoms with E-state index in [2.05, 4.69) is 5.10 Å². The van der Waals surface area contributed by atoms with Gasteiger partial charge in [0.05, 0.1) is 20.8 Å². The summed E-state index contributed by atoms with van der Waals surface area (Å²) in [5.74, 6) is 1.13. The molecule has 2 aromatic carbocycles. The molecule has 0 saturated carbocycles. The third kappa shape index (κ3) is 3.91. The third-order valence-corrected chi connectivity index (χ3v) is 5.27. The van der Waals surface area contributed by atoms with Gasteiger partial charge in [-0.05, 0) is 41.3 Å². The molecule has 7 nitrogen and oxygen atoms in total. The molecule has 3 aromatic rings. The van der Waals surface area contributed by atoms with Crippen molar-refractivity contribution in [3.63, 3.8) is 0 Å². The Morgan fingerprint density at radius 2 is 1.70 bits per heavy atom. The molecule has 0 radical (unpaired) electrons. The zero-order valence-electron chi connectivity index (χ0n) is 17.0. The summed E-state index contributed by atoms with van der Waals surface area (Å²) in [6.07, 6.45) is 0.713. The molecule has 7 heteroatoms. The van der Waals surface area contributed by atoms with Crippen molar-refractivity contribution in [3.05, 3.63) is 87.3 Å². The average Bonchev–Trinajstić information content (AvgIpc) is 2.79. The molecule has 1 aliphatic rings. The van der Waals surface area contributed by atoms with Crippen LogP contribution in [0.5, 0.6) is 11.5 Å². The molecule has 0 atom stereocenters. The molecule has 30 heavy (non-hydrogen) atoms. The van der Waals surface area contributed by atoms with Gasteiger partial charge in [0.25, 0.3) is 11.5 Å². The second-order valence-corrected chi connectivity index (χ2v) is 7.15. The number of hydrogen-bond donors (Lipinski definition) is 0. The minimum absolute atomic E-state index is 0.197. The van der Waals surface area contributed by atoms with Gasteiger partial charge in [-0.1, -0.05) is 30.3 Å². The highest BCUT2D eigenvalue weighted by Crippen LogP contribution is 2.33. The number of amides is 1. The fourth-order valence-corrected chi connectivity index (χ4v) is 3.65. The van der Waals surface area contributed by atoms with Crippen molar-refractivity contribution in [1.29, 1.82) is 0 Å². The Kier molecular flexibility index (Phi) is 5.52. The van der Waals surface area contributed by atoms with Crippen LogP contribution >= 0.6 is 0 Å². The second-order valence-electron chi connectivity index (χ2n) is 7.15. The lowest BCUT2D eigenvalue weighted by Crippen LogP contribution is -2.37. The van der Waals surface area contributed by atoms with Gasteiger partial charge in [0.15, 0.2) is 11.5 Å². The molecule has 0 fully saturated rings. The molecule has 0 spiro atoms. The Morgan fingerprint density at radius 3 is 2.40 bits per heavy atom. The van der Waals surface area contributed by atoms with Crippen LogP contribution in [0.1, 0.15) is 27.2 Å². The minimum Gasteiger partial charge on any atom is -0.493 e. The van der Waals surface area contributed by atoms with E-state index in [-0.39, 0.29) is 17.2 Å². The minimum atomic E-state index is -0.240. The molecule has 0 saturated heterocycles. The molecule has 1 aromatic heterocycles. The summed E-state index contributed by atoms with van der Waals surface area (Å²) in [6, 6.07) is 16.3. The van der Waals surface area contributed by atoms with Crippen LogP contribution in [0.4, 0.5) is 0 Å². The van der Waals surface area contributed by atoms with Crippen LogP contribution in [0.25, 0.3) is 0 Å². The fourth-order valence-electron chi connectivity index (χ4n) is 3.65. The Balaban J connectivity index is 1.57. The first-order valence-corrected chi connectivity index (χ1v) is 9.74. The lowest BCUT2D eigenvalue weighted by Gasteiger charge is -2.29. The predicted molar refractivity (Wildman–Crippen MR) is 112 cm³/mol. The Morgan fingerprint density at radius 1 is 1.00 bits per heavy atom. The van der Waals surface area contributed by atoms with Gasteiger partial charge < -0.3 is 14.4 Å². The molecular formula is C23H23N3O4. The van der Waals surface area contributed by atoms with Crippen molar-refractivity contribution in [3.8, 4) is 11.5 Å². The quantitative estimate of drug-likeness (QED) is 0.652. The molecular weight excluding hydrogens is 382 g/mol. The van der Waals surface area contributed by atoms with Gasteiger partial charge in [-0.2, -0.15) is 5.10 Å². The first kappa shape index (κ1) is 19.7. The van der Waals surface area contributed by atoms with Gasteiger partial charge in [0.1, 0.15) is 5.69 Å². The highest BCUT2D eigenvalue weighted by molar-refractivity contribution is 5.92. The molecule has 1 amide bonds. The first-order valence-electron chi connectivity index (χ1n) is 9.74. The van der Waals surface area contributed by atoms with E-state index < -0.39 is 0 Å². The molecule has 0 aliphatic carbocycles. The Bertz CT molecular complexity index is 1130. The van der Waals surface area contributed by atoms with Crippen LogP contribution in [-0.4, -0.2) is 41.4 Å². The summed E-state index contributed by atoms with van der Waals surface area (Å²) in [5.41, 5.74) is 3.12. The lowest BCUT2D eigenvalue weighted by atomic mass is 9.98. The van der Waals surface area contributed by atoms with Gasteiger partial charge in [-0.3, -0.25) is 9.59 Å². The third-order valence-electron chi connectivity index (χ3n) is 5.27. The smallest absolute Gasteiger partial charge is 0.274 e. The van der Waals surface area contributed by atoms with Crippen molar-refractivity contribution in [1.82, 2.24) is 14.7 Å². The topological polar surface area (TPSA) is 73.7 Å². The van der Waals surface area contributed by atoms with Crippen LogP contribution in [0.2, 0.25) is 0 Å². The largest absolute Gasteiger partial charge is 0.493 e. The fraction of sp³-hybridized carbons (Fsp3) is 0.261. The van der Waals surface area contributed by atoms with Crippen molar-refractivity contribution >= 4 is 5.91 Å². The molecule has 4 rings (SSSR count). The van der Waals surface area contributed by atoms with Gasteiger partial charge in [-0.25, -0.2) is 4.68 Å². The number of rotatable bonds is 5. The summed E-state index contributed by atoms with van der Waals surface area (Å²) < 4.78 is 12.1. The predicted octanol–water partition coefficient (Wildman–Crippen LogP) is 2.51. The number of carbonyl (C=O) groups excluding carboxylic acids is 1. The van der Waals surface area contributed by atoms with E-state index in [4.69, 9.17) is 9.47 Å². The summed E-state index contributed by atoms with van der Waals surface area (Å²) >= 11 is 0. The zero-order valence-corrected chi connectivity index (χ0v) is 17.0. The monoisotopic (exact) mass is 405 g/mol. The van der Waals surface area contributed by atoms with Crippen molar-refractivity contribution in [2.45, 2.75) is 19.5 Å². The first-order chi connectivity index (χ1) is 14.6. The maximum Gasteiger partial charge on any atom is 0.274 e. The highest BCUT2D eigenvalue weighted by atomic mass is 16.5. The maximum atomic E-state index is 13.1. The van der Waals surface area contributed by atoms with Crippen LogP contribution in [0.15, 0.2) is 59.4 Å². The SMILES string of the molecule is COc1cc2c(cc1OC)CN(C(=O)c1ccc(=O)n(Cc3ccccc3)n1)CC2. The summed E-state index contributed by atoms with van der Waals surface area (Å²) in [6.45, 7) is 1.34. The number of hydrogen-bond acceptors (Lipinski definition) is 5. The van der Waals surface area contributed by atoms with Gasteiger partial charge in [0.2, 0.25) is 0 Å². The molecule has 0 unspecified atom stereocenters. The van der Waals surface area contributed by atoms with E-state index in [0.29, 0.717) is 37.6 Å². The van der Waals surface area contributed by atoms with Crippen LogP contribution in [0, 0.1) is 0 Å². The molecule has 2 heterocycles. The van der Waals surface area contributed by atoms with Crippen LogP contribution in [-0.2, 0) is 19.5 Å². The number of fused-ring (bicyclic) bond motifs is 1. The zero-order chi connectivity index (χ0) is 21.1. The van der Waals surface area contributed by atoms with E-state index in [1.54, 1.807) is 19.1 Å². The van der Waals surface area contributed by atoms with E-state index in [0.717, 1.165) is 16.7 Å². The normalized spacial score (nSPS) is 12.9. The van der Waals surface area contributed by atoms with Crippen molar-refractivity contribution in [2.24, 2.45) is 0 Å². The van der Waals surface area contributed by atoms with E-state index >= 15 is 0 Å². The standard InChI is InChI=1S/C23H23N3O4/c1-29-20-12-17-10-11-25(15-18(17)13-21(20)30-2)23(28)19-8-9-22(27)26(24-19)14-16-6-4-3-5-7-16/h3-9,12-13H,10-11,14-15H2,1-2H3. The van der Waals surface area contributed by atoms with Crippen LogP contribution in [0.3, 0.4) is 0 Å². The molecule has 0 N–H and O–H groups in total. The van der Waals surface area contributed by atoms with Gasteiger partial charge in [0, 0.05) is 19.2 Å². The lowest BCUT2D eigenvalue weighted by molar-refractivity contribution is 0.0725. The van der Waals surface area contributed by atoms with Crippen LogP contribution < -0.4 is 15.0 Å². The van der Waals surface area contributed by atoms with Gasteiger partial charge in [-0.15, -0.1) is 0 Å². The van der Waals surface area contributed by atoms with E-state index in [9.17, 15) is 9.59 Å². The molecule has 0 bridgehead atoms. The highest BCUT2D eigenvalue weighted by Gasteiger charge is 2.25. The summed E-state index contributed by atoms with van der Waals surface area (Å²) in [4.78, 5) is 27.1. The number of carbonyl (C=O) groups is 1. The second kappa shape index (κ2) is 8.41. The number of methoxy groups -OCH3 is 2. The Hall–Kier alpha value is -3.61. The molecule has 154 valence electrons. The summed E-state index contributed by atoms with van der Waals surface area (Å²) in [5, 5.41) is 4.33. The van der Waals surface area contributed by atoms with E-state index in [1.165, 1.54) is 16.8 Å². The molecule has 1 aliphatic heterocycles. The number of nitrogens with zero attached hydrogens (tertiary/aromatic N) is 3. The van der Waals surface area contributed by atoms with Crippen molar-refractivity contribution < 1.29 is 14.3 Å². The number of ether oxygens (including phenoxy) is 2. The van der Waals surface area contributed by atoms with Crippen molar-refractivity contribution in [2.75, 3.05) is 20.8 Å². The average molecular weight is 405 g/mol. The van der Waals surface area contributed by atoms with E-state index in [1.807, 2.05) is 42.5 Å². The number of benzene rings is 2. The summed E-state index contributed by atoms with van der Waals surface area (Å²) in [7, 11) is 3.20. The number of aromatic nitrogens is 2.